The standard InChI is InChI=1S/C24H25F2N3O3/c1-15(2)21(29-23(30)20-17(25)9-4-10-18(20)26)24(31)28-13-6-14-32-19-11-3-7-16-8-5-12-27-22(16)19/h3-5,7-12,15,21H,6,13-14H2,1-2H3,(H,28,31)(H,29,30). The molecule has 1 atom stereocenters. The first-order chi connectivity index (χ1) is 15.4. The van der Waals surface area contributed by atoms with E-state index in [1.807, 2.05) is 30.3 Å². The van der Waals surface area contributed by atoms with E-state index in [1.54, 1.807) is 20.0 Å². The average molecular weight is 441 g/mol. The van der Waals surface area contributed by atoms with Crippen LogP contribution in [0.4, 0.5) is 8.78 Å². The number of carbonyl (C=O) groups is 2. The third kappa shape index (κ3) is 5.57. The quantitative estimate of drug-likeness (QED) is 0.495. The van der Waals surface area contributed by atoms with Crippen molar-refractivity contribution < 1.29 is 23.1 Å². The van der Waals surface area contributed by atoms with Crippen molar-refractivity contribution in [1.82, 2.24) is 15.6 Å². The van der Waals surface area contributed by atoms with E-state index in [0.717, 1.165) is 23.0 Å². The normalized spacial score (nSPS) is 11.9. The molecular formula is C24H25F2N3O3. The molecule has 0 saturated carbocycles. The number of hydrogen-bond acceptors (Lipinski definition) is 4. The maximum absolute atomic E-state index is 13.9. The van der Waals surface area contributed by atoms with E-state index in [2.05, 4.69) is 15.6 Å². The monoisotopic (exact) mass is 441 g/mol. The number of aromatic nitrogens is 1. The van der Waals surface area contributed by atoms with E-state index in [-0.39, 0.29) is 5.92 Å². The summed E-state index contributed by atoms with van der Waals surface area (Å²) in [7, 11) is 0. The van der Waals surface area contributed by atoms with Crippen LogP contribution < -0.4 is 15.4 Å². The minimum absolute atomic E-state index is 0.285. The number of pyridine rings is 1. The molecule has 2 N–H and O–H groups in total. The van der Waals surface area contributed by atoms with E-state index < -0.39 is 35.1 Å². The van der Waals surface area contributed by atoms with E-state index in [9.17, 15) is 18.4 Å². The van der Waals surface area contributed by atoms with Gasteiger partial charge in [-0.2, -0.15) is 0 Å². The van der Waals surface area contributed by atoms with Crippen LogP contribution in [0, 0.1) is 17.6 Å². The largest absolute Gasteiger partial charge is 0.491 e. The highest BCUT2D eigenvalue weighted by atomic mass is 19.1. The summed E-state index contributed by atoms with van der Waals surface area (Å²) >= 11 is 0. The Balaban J connectivity index is 1.51. The molecular weight excluding hydrogens is 416 g/mol. The number of nitrogens with zero attached hydrogens (tertiary/aromatic N) is 1. The first kappa shape index (κ1) is 23.1. The molecule has 1 unspecified atom stereocenters. The molecule has 0 bridgehead atoms. The second-order valence-electron chi connectivity index (χ2n) is 7.62. The number of carbonyl (C=O) groups excluding carboxylic acids is 2. The topological polar surface area (TPSA) is 80.3 Å². The molecule has 2 aromatic carbocycles. The fourth-order valence-electron chi connectivity index (χ4n) is 3.23. The summed E-state index contributed by atoms with van der Waals surface area (Å²) in [6.45, 7) is 4.14. The van der Waals surface area contributed by atoms with Crippen LogP contribution >= 0.6 is 0 Å². The Morgan fingerprint density at radius 1 is 1.03 bits per heavy atom. The van der Waals surface area contributed by atoms with Gasteiger partial charge in [0.15, 0.2) is 0 Å². The number of ether oxygens (including phenoxy) is 1. The third-order valence-electron chi connectivity index (χ3n) is 4.90. The van der Waals surface area contributed by atoms with Crippen molar-refractivity contribution in [3.05, 3.63) is 71.9 Å². The third-order valence-corrected chi connectivity index (χ3v) is 4.90. The Kier molecular flexibility index (Phi) is 7.70. The van der Waals surface area contributed by atoms with Gasteiger partial charge in [-0.1, -0.05) is 38.1 Å². The fourth-order valence-corrected chi connectivity index (χ4v) is 3.23. The maximum atomic E-state index is 13.9. The van der Waals surface area contributed by atoms with Crippen molar-refractivity contribution in [2.75, 3.05) is 13.2 Å². The fraction of sp³-hybridized carbons (Fsp3) is 0.292. The molecule has 8 heteroatoms. The minimum atomic E-state index is -0.981. The van der Waals surface area contributed by atoms with Gasteiger partial charge in [0.25, 0.3) is 5.91 Å². The summed E-state index contributed by atoms with van der Waals surface area (Å²) in [5.74, 6) is -2.99. The van der Waals surface area contributed by atoms with Gasteiger partial charge in [-0.15, -0.1) is 0 Å². The molecule has 0 aliphatic heterocycles. The van der Waals surface area contributed by atoms with Gasteiger partial charge in [-0.25, -0.2) is 8.78 Å². The predicted octanol–water partition coefficient (Wildman–Crippen LogP) is 3.85. The Bertz CT molecular complexity index is 1080. The molecule has 2 amide bonds. The van der Waals surface area contributed by atoms with Gasteiger partial charge in [0.2, 0.25) is 5.91 Å². The summed E-state index contributed by atoms with van der Waals surface area (Å²) in [6, 6.07) is 11.7. The van der Waals surface area contributed by atoms with Crippen LogP contribution in [0.3, 0.4) is 0 Å². The second-order valence-corrected chi connectivity index (χ2v) is 7.62. The predicted molar refractivity (Wildman–Crippen MR) is 117 cm³/mol. The SMILES string of the molecule is CC(C)C(NC(=O)c1c(F)cccc1F)C(=O)NCCCOc1cccc2cccnc12. The molecule has 0 saturated heterocycles. The van der Waals surface area contributed by atoms with Gasteiger partial charge in [0.05, 0.1) is 6.61 Å². The number of para-hydroxylation sites is 1. The van der Waals surface area contributed by atoms with Crippen molar-refractivity contribution in [3.63, 3.8) is 0 Å². The molecule has 0 radical (unpaired) electrons. The average Bonchev–Trinajstić information content (AvgIpc) is 2.77. The number of nitrogens with one attached hydrogen (secondary N) is 2. The number of hydrogen-bond donors (Lipinski definition) is 2. The highest BCUT2D eigenvalue weighted by molar-refractivity contribution is 5.98. The van der Waals surface area contributed by atoms with Gasteiger partial charge in [0.1, 0.15) is 34.5 Å². The Morgan fingerprint density at radius 2 is 1.72 bits per heavy atom. The number of rotatable bonds is 9. The molecule has 3 rings (SSSR count). The van der Waals surface area contributed by atoms with Crippen LogP contribution in [0.2, 0.25) is 0 Å². The van der Waals surface area contributed by atoms with Crippen LogP contribution in [-0.4, -0.2) is 36.0 Å². The van der Waals surface area contributed by atoms with Gasteiger partial charge in [-0.3, -0.25) is 14.6 Å². The zero-order valence-electron chi connectivity index (χ0n) is 17.9. The number of fused-ring (bicyclic) bond motifs is 1. The van der Waals surface area contributed by atoms with Gasteiger partial charge in [0, 0.05) is 18.1 Å². The highest BCUT2D eigenvalue weighted by Crippen LogP contribution is 2.22. The van der Waals surface area contributed by atoms with Gasteiger partial charge >= 0.3 is 0 Å². The van der Waals surface area contributed by atoms with Crippen LogP contribution in [0.1, 0.15) is 30.6 Å². The Labute approximate surface area is 185 Å². The van der Waals surface area contributed by atoms with Crippen molar-refractivity contribution in [1.29, 1.82) is 0 Å². The summed E-state index contributed by atoms with van der Waals surface area (Å²) < 4.78 is 33.5. The first-order valence-corrected chi connectivity index (χ1v) is 10.4. The van der Waals surface area contributed by atoms with E-state index in [1.165, 1.54) is 6.07 Å². The lowest BCUT2D eigenvalue weighted by molar-refractivity contribution is -0.123. The van der Waals surface area contributed by atoms with E-state index >= 15 is 0 Å². The number of halogens is 2. The number of amides is 2. The molecule has 0 fully saturated rings. The van der Waals surface area contributed by atoms with E-state index in [4.69, 9.17) is 4.74 Å². The van der Waals surface area contributed by atoms with Crippen LogP contribution in [-0.2, 0) is 4.79 Å². The molecule has 168 valence electrons. The van der Waals surface area contributed by atoms with Gasteiger partial charge in [-0.05, 0) is 36.6 Å². The maximum Gasteiger partial charge on any atom is 0.257 e. The van der Waals surface area contributed by atoms with Gasteiger partial charge < -0.3 is 15.4 Å². The van der Waals surface area contributed by atoms with Crippen LogP contribution in [0.5, 0.6) is 5.75 Å². The molecule has 3 aromatic rings. The molecule has 1 aromatic heterocycles. The first-order valence-electron chi connectivity index (χ1n) is 10.4. The Hall–Kier alpha value is -3.55. The lowest BCUT2D eigenvalue weighted by atomic mass is 10.0. The number of benzene rings is 2. The highest BCUT2D eigenvalue weighted by Gasteiger charge is 2.27. The molecule has 6 nitrogen and oxygen atoms in total. The van der Waals surface area contributed by atoms with Crippen molar-refractivity contribution >= 4 is 22.7 Å². The summed E-state index contributed by atoms with van der Waals surface area (Å²) in [4.78, 5) is 29.2. The zero-order valence-corrected chi connectivity index (χ0v) is 17.9. The van der Waals surface area contributed by atoms with E-state index in [0.29, 0.717) is 25.3 Å². The molecule has 0 aliphatic rings. The van der Waals surface area contributed by atoms with Crippen LogP contribution in [0.15, 0.2) is 54.7 Å². The molecule has 1 heterocycles. The lowest BCUT2D eigenvalue weighted by Crippen LogP contribution is -2.50. The summed E-state index contributed by atoms with van der Waals surface area (Å²) in [5.41, 5.74) is 0.0602. The second kappa shape index (κ2) is 10.7. The molecule has 0 spiro atoms. The summed E-state index contributed by atoms with van der Waals surface area (Å²) in [6.07, 6.45) is 2.22. The summed E-state index contributed by atoms with van der Waals surface area (Å²) in [5, 5.41) is 6.14. The molecule has 32 heavy (non-hydrogen) atoms. The zero-order chi connectivity index (χ0) is 23.1. The van der Waals surface area contributed by atoms with Crippen molar-refractivity contribution in [2.45, 2.75) is 26.3 Å². The Morgan fingerprint density at radius 3 is 2.44 bits per heavy atom. The van der Waals surface area contributed by atoms with Crippen molar-refractivity contribution in [2.24, 2.45) is 5.92 Å². The van der Waals surface area contributed by atoms with Crippen molar-refractivity contribution in [3.8, 4) is 5.75 Å². The molecule has 0 aliphatic carbocycles. The lowest BCUT2D eigenvalue weighted by Gasteiger charge is -2.22. The minimum Gasteiger partial charge on any atom is -0.491 e. The van der Waals surface area contributed by atoms with Crippen LogP contribution in [0.25, 0.3) is 10.9 Å². The smallest absolute Gasteiger partial charge is 0.257 e.